The molecular weight excluding hydrogens is 350 g/mol. The summed E-state index contributed by atoms with van der Waals surface area (Å²) in [5.41, 5.74) is 8.64. The lowest BCUT2D eigenvalue weighted by Gasteiger charge is -2.17. The molecule has 0 fully saturated rings. The van der Waals surface area contributed by atoms with Crippen molar-refractivity contribution in [2.45, 2.75) is 25.5 Å². The second-order valence-electron chi connectivity index (χ2n) is 6.52. The molecule has 2 atom stereocenters. The van der Waals surface area contributed by atoms with Crippen molar-refractivity contribution in [1.29, 1.82) is 0 Å². The van der Waals surface area contributed by atoms with Crippen molar-refractivity contribution in [3.05, 3.63) is 70.4 Å². The van der Waals surface area contributed by atoms with Gasteiger partial charge in [-0.15, -0.1) is 0 Å². The second-order valence-corrected chi connectivity index (χ2v) is 6.96. The molecule has 1 amide bonds. The molecule has 136 valence electrons. The third kappa shape index (κ3) is 4.25. The lowest BCUT2D eigenvalue weighted by Crippen LogP contribution is -2.32. The van der Waals surface area contributed by atoms with E-state index < -0.39 is 12.0 Å². The van der Waals surface area contributed by atoms with Crippen LogP contribution < -0.4 is 11.1 Å². The van der Waals surface area contributed by atoms with Crippen molar-refractivity contribution in [1.82, 2.24) is 10.3 Å². The molecule has 0 radical (unpaired) electrons. The topological polar surface area (TPSA) is 91.1 Å². The zero-order chi connectivity index (χ0) is 18.7. The molecule has 26 heavy (non-hydrogen) atoms. The first-order valence-electron chi connectivity index (χ1n) is 8.51. The number of aliphatic hydroxyl groups is 1. The number of halogens is 1. The Hall–Kier alpha value is -2.34. The van der Waals surface area contributed by atoms with E-state index in [0.29, 0.717) is 17.1 Å². The number of aromatic amines is 1. The van der Waals surface area contributed by atoms with E-state index in [0.717, 1.165) is 28.5 Å². The number of nitrogens with two attached hydrogens (primary N) is 1. The lowest BCUT2D eigenvalue weighted by atomic mass is 10.0. The van der Waals surface area contributed by atoms with Gasteiger partial charge in [0.2, 0.25) is 5.91 Å². The summed E-state index contributed by atoms with van der Waals surface area (Å²) < 4.78 is 0. The van der Waals surface area contributed by atoms with Gasteiger partial charge >= 0.3 is 0 Å². The Morgan fingerprint density at radius 3 is 2.85 bits per heavy atom. The Morgan fingerprint density at radius 2 is 2.12 bits per heavy atom. The summed E-state index contributed by atoms with van der Waals surface area (Å²) in [5.74, 6) is -0.437. The maximum absolute atomic E-state index is 11.3. The number of nitrogens with one attached hydrogen (secondary N) is 2. The van der Waals surface area contributed by atoms with Crippen LogP contribution in [0.4, 0.5) is 0 Å². The van der Waals surface area contributed by atoms with Crippen LogP contribution in [0.15, 0.2) is 48.7 Å². The molecule has 6 heteroatoms. The van der Waals surface area contributed by atoms with Crippen LogP contribution in [0.25, 0.3) is 10.9 Å². The highest BCUT2D eigenvalue weighted by Gasteiger charge is 2.13. The Labute approximate surface area is 157 Å². The van der Waals surface area contributed by atoms with Gasteiger partial charge in [-0.25, -0.2) is 0 Å². The van der Waals surface area contributed by atoms with Crippen LogP contribution in [0, 0.1) is 0 Å². The maximum atomic E-state index is 11.3. The maximum Gasteiger partial charge on any atom is 0.248 e. The molecule has 0 saturated carbocycles. The van der Waals surface area contributed by atoms with Crippen LogP contribution >= 0.6 is 11.6 Å². The van der Waals surface area contributed by atoms with E-state index in [1.165, 1.54) is 0 Å². The average Bonchev–Trinajstić information content (AvgIpc) is 3.01. The van der Waals surface area contributed by atoms with Gasteiger partial charge in [-0.1, -0.05) is 29.8 Å². The third-order valence-electron chi connectivity index (χ3n) is 4.47. The molecule has 0 unspecified atom stereocenters. The fourth-order valence-electron chi connectivity index (χ4n) is 3.06. The van der Waals surface area contributed by atoms with Gasteiger partial charge in [0.05, 0.1) is 6.10 Å². The highest BCUT2D eigenvalue weighted by molar-refractivity contribution is 6.30. The van der Waals surface area contributed by atoms with E-state index in [4.69, 9.17) is 17.3 Å². The van der Waals surface area contributed by atoms with Gasteiger partial charge in [-0.05, 0) is 48.7 Å². The number of carbonyl (C=O) groups is 1. The fraction of sp³-hybridized carbons (Fsp3) is 0.250. The van der Waals surface area contributed by atoms with E-state index in [1.54, 1.807) is 24.3 Å². The number of H-pyrrole nitrogens is 1. The summed E-state index contributed by atoms with van der Waals surface area (Å²) in [4.78, 5) is 14.5. The molecule has 1 aromatic heterocycles. The SMILES string of the molecule is C[C@H](Cc1c[nH]c2cc(C(N)=O)ccc12)NC[C@H](O)c1cccc(Cl)c1. The van der Waals surface area contributed by atoms with Crippen molar-refractivity contribution in [2.24, 2.45) is 5.73 Å². The Bertz CT molecular complexity index is 922. The number of hydrogen-bond acceptors (Lipinski definition) is 3. The minimum atomic E-state index is -0.614. The zero-order valence-electron chi connectivity index (χ0n) is 14.5. The van der Waals surface area contributed by atoms with Crippen molar-refractivity contribution in [3.63, 3.8) is 0 Å². The van der Waals surface area contributed by atoms with Crippen molar-refractivity contribution < 1.29 is 9.90 Å². The summed E-state index contributed by atoms with van der Waals surface area (Å²) in [7, 11) is 0. The molecule has 3 rings (SSSR count). The van der Waals surface area contributed by atoms with Crippen LogP contribution in [0.2, 0.25) is 5.02 Å². The van der Waals surface area contributed by atoms with Gasteiger partial charge in [0.1, 0.15) is 0 Å². The first-order valence-corrected chi connectivity index (χ1v) is 8.88. The number of hydrogen-bond donors (Lipinski definition) is 4. The molecule has 5 N–H and O–H groups in total. The molecule has 5 nitrogen and oxygen atoms in total. The zero-order valence-corrected chi connectivity index (χ0v) is 15.3. The number of amides is 1. The normalized spacial score (nSPS) is 13.7. The molecule has 0 aliphatic rings. The number of fused-ring (bicyclic) bond motifs is 1. The number of primary amides is 1. The Balaban J connectivity index is 1.62. The highest BCUT2D eigenvalue weighted by atomic mass is 35.5. The Kier molecular flexibility index (Phi) is 5.61. The first-order chi connectivity index (χ1) is 12.4. The summed E-state index contributed by atoms with van der Waals surface area (Å²) in [6.45, 7) is 2.51. The molecule has 0 aliphatic carbocycles. The summed E-state index contributed by atoms with van der Waals surface area (Å²) in [6, 6.07) is 12.8. The predicted octanol–water partition coefficient (Wildman–Crippen LogP) is 3.17. The van der Waals surface area contributed by atoms with Gasteiger partial charge in [0.25, 0.3) is 0 Å². The number of carbonyl (C=O) groups excluding carboxylic acids is 1. The van der Waals surface area contributed by atoms with Crippen molar-refractivity contribution in [3.8, 4) is 0 Å². The molecule has 0 bridgehead atoms. The first kappa shape index (κ1) is 18.5. The largest absolute Gasteiger partial charge is 0.387 e. The highest BCUT2D eigenvalue weighted by Crippen LogP contribution is 2.21. The summed E-state index contributed by atoms with van der Waals surface area (Å²) in [5, 5.41) is 15.3. The molecule has 0 aliphatic heterocycles. The van der Waals surface area contributed by atoms with Crippen LogP contribution in [-0.4, -0.2) is 28.6 Å². The van der Waals surface area contributed by atoms with E-state index in [2.05, 4.69) is 17.2 Å². The standard InChI is InChI=1S/C20H22ClN3O2/c1-12(23-11-19(25)13-3-2-4-16(21)8-13)7-15-10-24-18-9-14(20(22)26)5-6-17(15)18/h2-6,8-10,12,19,23-25H,7,11H2,1H3,(H2,22,26)/t12-,19+/m1/s1. The smallest absolute Gasteiger partial charge is 0.248 e. The van der Waals surface area contributed by atoms with Gasteiger partial charge in [0, 0.05) is 40.3 Å². The quantitative estimate of drug-likeness (QED) is 0.514. The molecule has 3 aromatic rings. The van der Waals surface area contributed by atoms with E-state index >= 15 is 0 Å². The van der Waals surface area contributed by atoms with Gasteiger partial charge < -0.3 is 21.1 Å². The van der Waals surface area contributed by atoms with E-state index in [9.17, 15) is 9.90 Å². The second kappa shape index (κ2) is 7.91. The lowest BCUT2D eigenvalue weighted by molar-refractivity contribution is 0.100. The van der Waals surface area contributed by atoms with Crippen LogP contribution in [0.5, 0.6) is 0 Å². The third-order valence-corrected chi connectivity index (χ3v) is 4.71. The van der Waals surface area contributed by atoms with Crippen molar-refractivity contribution >= 4 is 28.4 Å². The summed E-state index contributed by atoms with van der Waals surface area (Å²) >= 11 is 5.97. The minimum absolute atomic E-state index is 0.165. The molecule has 2 aromatic carbocycles. The molecule has 0 spiro atoms. The predicted molar refractivity (Wildman–Crippen MR) is 104 cm³/mol. The van der Waals surface area contributed by atoms with Gasteiger partial charge in [-0.2, -0.15) is 0 Å². The molecular formula is C20H22ClN3O2. The van der Waals surface area contributed by atoms with Crippen molar-refractivity contribution in [2.75, 3.05) is 6.54 Å². The minimum Gasteiger partial charge on any atom is -0.387 e. The van der Waals surface area contributed by atoms with Gasteiger partial charge in [0.15, 0.2) is 0 Å². The average molecular weight is 372 g/mol. The van der Waals surface area contributed by atoms with E-state index in [1.807, 2.05) is 24.4 Å². The fourth-order valence-corrected chi connectivity index (χ4v) is 3.25. The number of aliphatic hydroxyl groups excluding tert-OH is 1. The van der Waals surface area contributed by atoms with E-state index in [-0.39, 0.29) is 6.04 Å². The monoisotopic (exact) mass is 371 g/mol. The van der Waals surface area contributed by atoms with Crippen LogP contribution in [0.3, 0.4) is 0 Å². The van der Waals surface area contributed by atoms with Crippen LogP contribution in [-0.2, 0) is 6.42 Å². The number of aromatic nitrogens is 1. The summed E-state index contributed by atoms with van der Waals surface area (Å²) in [6.07, 6.45) is 2.12. The molecule has 0 saturated heterocycles. The number of benzene rings is 2. The van der Waals surface area contributed by atoms with Crippen LogP contribution in [0.1, 0.15) is 34.5 Å². The van der Waals surface area contributed by atoms with Gasteiger partial charge in [-0.3, -0.25) is 4.79 Å². The molecule has 1 heterocycles. The Morgan fingerprint density at radius 1 is 1.31 bits per heavy atom. The number of rotatable bonds is 7.